The molecule has 1 unspecified atom stereocenters. The maximum absolute atomic E-state index is 12.3. The molecule has 20 heavy (non-hydrogen) atoms. The summed E-state index contributed by atoms with van der Waals surface area (Å²) in [5.41, 5.74) is 0.649. The van der Waals surface area contributed by atoms with Crippen LogP contribution < -0.4 is 4.74 Å². The summed E-state index contributed by atoms with van der Waals surface area (Å²) in [7, 11) is 0. The van der Waals surface area contributed by atoms with E-state index in [2.05, 4.69) is 13.8 Å². The smallest absolute Gasteiger partial charge is 0.253 e. The lowest BCUT2D eigenvalue weighted by atomic mass is 10.1. The highest BCUT2D eigenvalue weighted by Crippen LogP contribution is 2.17. The molecular formula is C16H23NO3. The molecule has 4 heteroatoms. The number of benzene rings is 1. The number of rotatable bonds is 4. The summed E-state index contributed by atoms with van der Waals surface area (Å²) in [6, 6.07) is 7.24. The van der Waals surface area contributed by atoms with Crippen molar-refractivity contribution in [3.05, 3.63) is 29.8 Å². The molecule has 4 nitrogen and oxygen atoms in total. The van der Waals surface area contributed by atoms with Crippen LogP contribution in [0.2, 0.25) is 0 Å². The van der Waals surface area contributed by atoms with Gasteiger partial charge in [-0.05, 0) is 43.0 Å². The van der Waals surface area contributed by atoms with Crippen molar-refractivity contribution in [1.82, 2.24) is 4.90 Å². The molecule has 1 aromatic carbocycles. The van der Waals surface area contributed by atoms with Gasteiger partial charge in [-0.1, -0.05) is 13.8 Å². The number of ether oxygens (including phenoxy) is 1. The van der Waals surface area contributed by atoms with E-state index >= 15 is 0 Å². The Morgan fingerprint density at radius 2 is 2.10 bits per heavy atom. The molecule has 1 fully saturated rings. The Morgan fingerprint density at radius 3 is 2.70 bits per heavy atom. The van der Waals surface area contributed by atoms with Crippen molar-refractivity contribution < 1.29 is 14.6 Å². The molecule has 1 heterocycles. The lowest BCUT2D eigenvalue weighted by Crippen LogP contribution is -2.42. The van der Waals surface area contributed by atoms with Gasteiger partial charge in [-0.25, -0.2) is 0 Å². The van der Waals surface area contributed by atoms with E-state index in [9.17, 15) is 9.90 Å². The van der Waals surface area contributed by atoms with Crippen LogP contribution in [0.1, 0.15) is 37.0 Å². The van der Waals surface area contributed by atoms with E-state index in [0.717, 1.165) is 25.1 Å². The van der Waals surface area contributed by atoms with Gasteiger partial charge < -0.3 is 14.7 Å². The number of aliphatic hydroxyl groups is 1. The Morgan fingerprint density at radius 1 is 1.40 bits per heavy atom. The summed E-state index contributed by atoms with van der Waals surface area (Å²) in [6.07, 6.45) is 1.26. The van der Waals surface area contributed by atoms with E-state index < -0.39 is 0 Å². The number of likely N-dealkylation sites (tertiary alicyclic amines) is 1. The van der Waals surface area contributed by atoms with Crippen molar-refractivity contribution in [2.24, 2.45) is 5.92 Å². The molecule has 0 saturated carbocycles. The van der Waals surface area contributed by atoms with E-state index in [-0.39, 0.29) is 12.0 Å². The average molecular weight is 277 g/mol. The number of hydrogen-bond donors (Lipinski definition) is 1. The molecule has 1 aromatic rings. The maximum Gasteiger partial charge on any atom is 0.253 e. The van der Waals surface area contributed by atoms with Gasteiger partial charge in [-0.15, -0.1) is 0 Å². The fraction of sp³-hybridized carbons (Fsp3) is 0.562. The first kappa shape index (κ1) is 14.9. The molecule has 0 aromatic heterocycles. The number of hydrogen-bond acceptors (Lipinski definition) is 3. The first-order chi connectivity index (χ1) is 9.56. The third-order valence-corrected chi connectivity index (χ3v) is 3.37. The van der Waals surface area contributed by atoms with Crippen molar-refractivity contribution >= 4 is 5.91 Å². The van der Waals surface area contributed by atoms with Crippen LogP contribution in [0.15, 0.2) is 24.3 Å². The van der Waals surface area contributed by atoms with Crippen molar-refractivity contribution in [2.75, 3.05) is 19.7 Å². The van der Waals surface area contributed by atoms with Crippen LogP contribution in [0.5, 0.6) is 5.75 Å². The number of nitrogens with zero attached hydrogens (tertiary/aromatic N) is 1. The molecule has 0 bridgehead atoms. The monoisotopic (exact) mass is 277 g/mol. The van der Waals surface area contributed by atoms with Crippen molar-refractivity contribution in [2.45, 2.75) is 32.8 Å². The SMILES string of the molecule is CC(C)COc1ccc(C(=O)N2CCCC(O)C2)cc1. The second-order valence-electron chi connectivity index (χ2n) is 5.78. The zero-order valence-electron chi connectivity index (χ0n) is 12.2. The van der Waals surface area contributed by atoms with Gasteiger partial charge >= 0.3 is 0 Å². The standard InChI is InChI=1S/C16H23NO3/c1-12(2)11-20-15-7-5-13(6-8-15)16(19)17-9-3-4-14(18)10-17/h5-8,12,14,18H,3-4,9-11H2,1-2H3. The zero-order chi connectivity index (χ0) is 14.5. The van der Waals surface area contributed by atoms with E-state index in [0.29, 0.717) is 24.6 Å². The molecule has 0 spiro atoms. The molecular weight excluding hydrogens is 254 g/mol. The Hall–Kier alpha value is -1.55. The fourth-order valence-corrected chi connectivity index (χ4v) is 2.28. The van der Waals surface area contributed by atoms with E-state index in [1.54, 1.807) is 17.0 Å². The molecule has 1 N–H and O–H groups in total. The number of piperidine rings is 1. The van der Waals surface area contributed by atoms with Gasteiger partial charge in [-0.2, -0.15) is 0 Å². The second kappa shape index (κ2) is 6.75. The third kappa shape index (κ3) is 3.97. The van der Waals surface area contributed by atoms with Gasteiger partial charge in [0.1, 0.15) is 5.75 Å². The summed E-state index contributed by atoms with van der Waals surface area (Å²) in [5.74, 6) is 1.25. The van der Waals surface area contributed by atoms with Crippen LogP contribution in [0.25, 0.3) is 0 Å². The van der Waals surface area contributed by atoms with E-state index in [1.165, 1.54) is 0 Å². The number of β-amino-alcohol motifs (C(OH)–C–C–N with tert-alkyl or cyclic N) is 1. The number of carbonyl (C=O) groups excluding carboxylic acids is 1. The highest BCUT2D eigenvalue weighted by molar-refractivity contribution is 5.94. The first-order valence-corrected chi connectivity index (χ1v) is 7.26. The van der Waals surface area contributed by atoms with Crippen LogP contribution in [-0.2, 0) is 0 Å². The molecule has 0 radical (unpaired) electrons. The maximum atomic E-state index is 12.3. The minimum absolute atomic E-state index is 0.0147. The third-order valence-electron chi connectivity index (χ3n) is 3.37. The largest absolute Gasteiger partial charge is 0.493 e. The van der Waals surface area contributed by atoms with Gasteiger partial charge in [0, 0.05) is 18.7 Å². The quantitative estimate of drug-likeness (QED) is 0.919. The predicted octanol–water partition coefficient (Wildman–Crippen LogP) is 2.32. The average Bonchev–Trinajstić information content (AvgIpc) is 2.45. The minimum atomic E-state index is -0.388. The van der Waals surface area contributed by atoms with Crippen LogP contribution in [0.4, 0.5) is 0 Å². The topological polar surface area (TPSA) is 49.8 Å². The number of carbonyl (C=O) groups is 1. The van der Waals surface area contributed by atoms with Crippen molar-refractivity contribution in [1.29, 1.82) is 0 Å². The Kier molecular flexibility index (Phi) is 5.01. The fourth-order valence-electron chi connectivity index (χ4n) is 2.28. The Bertz CT molecular complexity index is 442. The number of amides is 1. The summed E-state index contributed by atoms with van der Waals surface area (Å²) in [5, 5.41) is 9.63. The molecule has 110 valence electrons. The van der Waals surface area contributed by atoms with Crippen molar-refractivity contribution in [3.63, 3.8) is 0 Å². The highest BCUT2D eigenvalue weighted by atomic mass is 16.5. The van der Waals surface area contributed by atoms with Gasteiger partial charge in [0.2, 0.25) is 0 Å². The Balaban J connectivity index is 1.96. The zero-order valence-corrected chi connectivity index (χ0v) is 12.2. The summed E-state index contributed by atoms with van der Waals surface area (Å²) < 4.78 is 5.60. The number of aliphatic hydroxyl groups excluding tert-OH is 1. The van der Waals surface area contributed by atoms with Crippen molar-refractivity contribution in [3.8, 4) is 5.75 Å². The normalized spacial score (nSPS) is 19.2. The van der Waals surface area contributed by atoms with Crippen LogP contribution in [0.3, 0.4) is 0 Å². The molecule has 2 rings (SSSR count). The molecule has 0 aliphatic carbocycles. The van der Waals surface area contributed by atoms with Crippen LogP contribution >= 0.6 is 0 Å². The van der Waals surface area contributed by atoms with Crippen LogP contribution in [0, 0.1) is 5.92 Å². The molecule has 1 aliphatic heterocycles. The van der Waals surface area contributed by atoms with Gasteiger partial charge in [0.05, 0.1) is 12.7 Å². The summed E-state index contributed by atoms with van der Waals surface area (Å²) in [4.78, 5) is 14.0. The molecule has 1 atom stereocenters. The lowest BCUT2D eigenvalue weighted by molar-refractivity contribution is 0.0473. The van der Waals surface area contributed by atoms with E-state index in [1.807, 2.05) is 12.1 Å². The first-order valence-electron chi connectivity index (χ1n) is 7.26. The molecule has 1 aliphatic rings. The highest BCUT2D eigenvalue weighted by Gasteiger charge is 2.22. The van der Waals surface area contributed by atoms with Gasteiger partial charge in [0.25, 0.3) is 5.91 Å². The van der Waals surface area contributed by atoms with E-state index in [4.69, 9.17) is 4.74 Å². The predicted molar refractivity (Wildman–Crippen MR) is 77.9 cm³/mol. The summed E-state index contributed by atoms with van der Waals surface area (Å²) >= 11 is 0. The molecule has 1 amide bonds. The van der Waals surface area contributed by atoms with Gasteiger partial charge in [0.15, 0.2) is 0 Å². The summed E-state index contributed by atoms with van der Waals surface area (Å²) in [6.45, 7) is 6.02. The molecule has 1 saturated heterocycles. The Labute approximate surface area is 120 Å². The minimum Gasteiger partial charge on any atom is -0.493 e. The second-order valence-corrected chi connectivity index (χ2v) is 5.78. The lowest BCUT2D eigenvalue weighted by Gasteiger charge is -2.30. The van der Waals surface area contributed by atoms with Gasteiger partial charge in [-0.3, -0.25) is 4.79 Å². The van der Waals surface area contributed by atoms with Crippen LogP contribution in [-0.4, -0.2) is 41.7 Å².